The fourth-order valence-corrected chi connectivity index (χ4v) is 2.46. The van der Waals surface area contributed by atoms with Gasteiger partial charge in [-0.15, -0.1) is 0 Å². The second-order valence-corrected chi connectivity index (χ2v) is 7.10. The van der Waals surface area contributed by atoms with E-state index in [1.807, 2.05) is 11.0 Å². The van der Waals surface area contributed by atoms with Gasteiger partial charge < -0.3 is 10.0 Å². The van der Waals surface area contributed by atoms with Gasteiger partial charge >= 0.3 is 0 Å². The third-order valence-corrected chi connectivity index (χ3v) is 3.92. The summed E-state index contributed by atoms with van der Waals surface area (Å²) in [6.45, 7) is 2.05. The number of aliphatic hydroxyl groups is 1. The summed E-state index contributed by atoms with van der Waals surface area (Å²) in [4.78, 5) is 1.82. The zero-order valence-electron chi connectivity index (χ0n) is 10.7. The lowest BCUT2D eigenvalue weighted by molar-refractivity contribution is 0.199. The second kappa shape index (κ2) is 5.91. The van der Waals surface area contributed by atoms with Gasteiger partial charge in [0.1, 0.15) is 9.84 Å². The van der Waals surface area contributed by atoms with Crippen molar-refractivity contribution in [2.75, 3.05) is 30.5 Å². The van der Waals surface area contributed by atoms with E-state index in [2.05, 4.69) is 0 Å². The van der Waals surface area contributed by atoms with Gasteiger partial charge in [0.25, 0.3) is 0 Å². The maximum absolute atomic E-state index is 11.1. The van der Waals surface area contributed by atoms with Crippen molar-refractivity contribution in [3.63, 3.8) is 0 Å². The standard InChI is InChI=1S/C12H18ClNO3S/c1-9(15)11-5-4-10(8-12(11)13)14(2)6-7-18(3,16)17/h4-5,8-9,15H,6-7H2,1-3H3. The Balaban J connectivity index is 2.81. The Kier molecular flexibility index (Phi) is 5.01. The Morgan fingerprint density at radius 1 is 1.44 bits per heavy atom. The molecule has 0 saturated heterocycles. The molecule has 1 aromatic rings. The number of hydrogen-bond acceptors (Lipinski definition) is 4. The van der Waals surface area contributed by atoms with E-state index in [0.29, 0.717) is 17.1 Å². The van der Waals surface area contributed by atoms with E-state index in [0.717, 1.165) is 5.69 Å². The van der Waals surface area contributed by atoms with E-state index in [-0.39, 0.29) is 5.75 Å². The molecule has 0 aliphatic carbocycles. The van der Waals surface area contributed by atoms with Gasteiger partial charge in [0.05, 0.1) is 11.9 Å². The first-order valence-corrected chi connectivity index (χ1v) is 8.01. The van der Waals surface area contributed by atoms with E-state index < -0.39 is 15.9 Å². The average molecular weight is 292 g/mol. The molecular formula is C12H18ClNO3S. The van der Waals surface area contributed by atoms with E-state index in [1.165, 1.54) is 6.26 Å². The van der Waals surface area contributed by atoms with Gasteiger partial charge in [0.15, 0.2) is 0 Å². The lowest BCUT2D eigenvalue weighted by Gasteiger charge is -2.20. The third kappa shape index (κ3) is 4.48. The molecule has 0 radical (unpaired) electrons. The molecule has 1 aromatic carbocycles. The molecule has 1 N–H and O–H groups in total. The first kappa shape index (κ1) is 15.3. The molecule has 102 valence electrons. The highest BCUT2D eigenvalue weighted by molar-refractivity contribution is 7.90. The molecule has 0 aliphatic rings. The Bertz CT molecular complexity index is 514. The molecule has 0 spiro atoms. The number of nitrogens with zero attached hydrogens (tertiary/aromatic N) is 1. The van der Waals surface area contributed by atoms with Crippen LogP contribution in [0.15, 0.2) is 18.2 Å². The van der Waals surface area contributed by atoms with Crippen molar-refractivity contribution in [1.82, 2.24) is 0 Å². The number of hydrogen-bond donors (Lipinski definition) is 1. The van der Waals surface area contributed by atoms with Crippen molar-refractivity contribution in [2.45, 2.75) is 13.0 Å². The SMILES string of the molecule is CC(O)c1ccc(N(C)CCS(C)(=O)=O)cc1Cl. The van der Waals surface area contributed by atoms with E-state index >= 15 is 0 Å². The lowest BCUT2D eigenvalue weighted by Crippen LogP contribution is -2.24. The van der Waals surface area contributed by atoms with Gasteiger partial charge in [-0.05, 0) is 24.6 Å². The third-order valence-electron chi connectivity index (χ3n) is 2.67. The molecule has 0 aromatic heterocycles. The van der Waals surface area contributed by atoms with Gasteiger partial charge in [-0.3, -0.25) is 0 Å². The van der Waals surface area contributed by atoms with Crippen LogP contribution in [0.4, 0.5) is 5.69 Å². The molecule has 1 unspecified atom stereocenters. The van der Waals surface area contributed by atoms with Crippen LogP contribution in [-0.4, -0.2) is 39.1 Å². The molecule has 0 saturated carbocycles. The average Bonchev–Trinajstić information content (AvgIpc) is 2.24. The van der Waals surface area contributed by atoms with Crippen LogP contribution in [0.3, 0.4) is 0 Å². The summed E-state index contributed by atoms with van der Waals surface area (Å²) in [5, 5.41) is 9.95. The van der Waals surface area contributed by atoms with Crippen LogP contribution >= 0.6 is 11.6 Å². The van der Waals surface area contributed by atoms with Crippen LogP contribution in [0, 0.1) is 0 Å². The van der Waals surface area contributed by atoms with Crippen LogP contribution in [0.1, 0.15) is 18.6 Å². The number of aliphatic hydroxyl groups excluding tert-OH is 1. The molecule has 0 heterocycles. The van der Waals surface area contributed by atoms with Gasteiger partial charge in [-0.25, -0.2) is 8.42 Å². The number of benzene rings is 1. The fraction of sp³-hybridized carbons (Fsp3) is 0.500. The number of halogens is 1. The van der Waals surface area contributed by atoms with E-state index in [9.17, 15) is 13.5 Å². The molecule has 6 heteroatoms. The maximum Gasteiger partial charge on any atom is 0.149 e. The highest BCUT2D eigenvalue weighted by Gasteiger charge is 2.10. The van der Waals surface area contributed by atoms with Crippen LogP contribution in [0.2, 0.25) is 5.02 Å². The largest absolute Gasteiger partial charge is 0.389 e. The summed E-state index contributed by atoms with van der Waals surface area (Å²) in [7, 11) is -1.17. The molecular weight excluding hydrogens is 274 g/mol. The highest BCUT2D eigenvalue weighted by Crippen LogP contribution is 2.27. The molecule has 0 bridgehead atoms. The monoisotopic (exact) mass is 291 g/mol. The first-order valence-electron chi connectivity index (χ1n) is 5.57. The second-order valence-electron chi connectivity index (χ2n) is 4.43. The van der Waals surface area contributed by atoms with Gasteiger partial charge in [0.2, 0.25) is 0 Å². The van der Waals surface area contributed by atoms with Crippen molar-refractivity contribution in [1.29, 1.82) is 0 Å². The quantitative estimate of drug-likeness (QED) is 0.900. The van der Waals surface area contributed by atoms with Gasteiger partial charge in [0, 0.05) is 30.6 Å². The van der Waals surface area contributed by atoms with Crippen molar-refractivity contribution in [2.24, 2.45) is 0 Å². The predicted octanol–water partition coefficient (Wildman–Crippen LogP) is 1.87. The van der Waals surface area contributed by atoms with Crippen LogP contribution < -0.4 is 4.90 Å². The van der Waals surface area contributed by atoms with Crippen molar-refractivity contribution >= 4 is 27.1 Å². The van der Waals surface area contributed by atoms with Gasteiger partial charge in [-0.1, -0.05) is 17.7 Å². The zero-order valence-corrected chi connectivity index (χ0v) is 12.3. The Morgan fingerprint density at radius 3 is 2.50 bits per heavy atom. The molecule has 0 fully saturated rings. The Hall–Kier alpha value is -0.780. The zero-order chi connectivity index (χ0) is 13.9. The molecule has 18 heavy (non-hydrogen) atoms. The van der Waals surface area contributed by atoms with E-state index in [1.54, 1.807) is 26.1 Å². The summed E-state index contributed by atoms with van der Waals surface area (Å²) in [5.74, 6) is 0.0965. The molecule has 4 nitrogen and oxygen atoms in total. The molecule has 0 aliphatic heterocycles. The van der Waals surface area contributed by atoms with Gasteiger partial charge in [-0.2, -0.15) is 0 Å². The predicted molar refractivity (Wildman–Crippen MR) is 75.1 cm³/mol. The molecule has 1 atom stereocenters. The minimum absolute atomic E-state index is 0.0965. The number of anilines is 1. The summed E-state index contributed by atoms with van der Waals surface area (Å²) in [6, 6.07) is 5.29. The molecule has 0 amide bonds. The topological polar surface area (TPSA) is 57.6 Å². The summed E-state index contributed by atoms with van der Waals surface area (Å²) in [5.41, 5.74) is 1.49. The summed E-state index contributed by atoms with van der Waals surface area (Å²) < 4.78 is 22.2. The number of rotatable bonds is 5. The number of sulfone groups is 1. The minimum atomic E-state index is -2.97. The van der Waals surface area contributed by atoms with Crippen LogP contribution in [0.25, 0.3) is 0 Å². The Morgan fingerprint density at radius 2 is 2.06 bits per heavy atom. The maximum atomic E-state index is 11.1. The Labute approximate surface area is 113 Å². The van der Waals surface area contributed by atoms with Crippen molar-refractivity contribution in [3.8, 4) is 0 Å². The normalized spacial score (nSPS) is 13.4. The first-order chi connectivity index (χ1) is 8.20. The van der Waals surface area contributed by atoms with Crippen LogP contribution in [-0.2, 0) is 9.84 Å². The fourth-order valence-electron chi connectivity index (χ4n) is 1.52. The molecule has 1 rings (SSSR count). The lowest BCUT2D eigenvalue weighted by atomic mass is 10.1. The smallest absolute Gasteiger partial charge is 0.149 e. The van der Waals surface area contributed by atoms with Crippen molar-refractivity contribution < 1.29 is 13.5 Å². The van der Waals surface area contributed by atoms with Crippen molar-refractivity contribution in [3.05, 3.63) is 28.8 Å². The highest BCUT2D eigenvalue weighted by atomic mass is 35.5. The summed E-state index contributed by atoms with van der Waals surface area (Å²) in [6.07, 6.45) is 0.595. The minimum Gasteiger partial charge on any atom is -0.389 e. The van der Waals surface area contributed by atoms with Crippen LogP contribution in [0.5, 0.6) is 0 Å². The summed E-state index contributed by atoms with van der Waals surface area (Å²) >= 11 is 6.05. The van der Waals surface area contributed by atoms with E-state index in [4.69, 9.17) is 11.6 Å².